The van der Waals surface area contributed by atoms with Crippen LogP contribution in [0, 0.1) is 12.3 Å². The lowest BCUT2D eigenvalue weighted by Gasteiger charge is -2.20. The average Bonchev–Trinajstić information content (AvgIpc) is 2.50. The molecule has 0 amide bonds. The molecule has 1 fully saturated rings. The standard InChI is InChI=1S/C10H11Cl2N3/c1-6-4-7(11)5-8(12)9(6)15-3-2-14-10(15)13/h4-5H,2-3H2,1H3,(H2,13,14). The Kier molecular flexibility index (Phi) is 2.76. The average molecular weight is 244 g/mol. The summed E-state index contributed by atoms with van der Waals surface area (Å²) in [6.07, 6.45) is 0. The molecule has 0 unspecified atom stereocenters. The van der Waals surface area contributed by atoms with Crippen LogP contribution in [0.15, 0.2) is 12.1 Å². The Morgan fingerprint density at radius 2 is 2.13 bits per heavy atom. The van der Waals surface area contributed by atoms with E-state index in [4.69, 9.17) is 28.6 Å². The molecule has 1 saturated heterocycles. The summed E-state index contributed by atoms with van der Waals surface area (Å²) in [7, 11) is 0. The largest absolute Gasteiger partial charge is 0.354 e. The van der Waals surface area contributed by atoms with Gasteiger partial charge >= 0.3 is 0 Å². The van der Waals surface area contributed by atoms with E-state index in [0.29, 0.717) is 16.0 Å². The van der Waals surface area contributed by atoms with Crippen molar-refractivity contribution in [1.29, 1.82) is 5.41 Å². The third-order valence-electron chi connectivity index (χ3n) is 2.39. The van der Waals surface area contributed by atoms with Crippen molar-refractivity contribution in [3.63, 3.8) is 0 Å². The molecule has 0 radical (unpaired) electrons. The maximum atomic E-state index is 7.71. The number of guanidine groups is 1. The van der Waals surface area contributed by atoms with E-state index < -0.39 is 0 Å². The summed E-state index contributed by atoms with van der Waals surface area (Å²) in [4.78, 5) is 1.86. The third-order valence-corrected chi connectivity index (χ3v) is 2.89. The minimum atomic E-state index is 0.391. The van der Waals surface area contributed by atoms with Crippen molar-refractivity contribution in [1.82, 2.24) is 5.32 Å². The fourth-order valence-corrected chi connectivity index (χ4v) is 2.45. The van der Waals surface area contributed by atoms with Crippen molar-refractivity contribution < 1.29 is 0 Å². The van der Waals surface area contributed by atoms with Gasteiger partial charge in [-0.25, -0.2) is 0 Å². The smallest absolute Gasteiger partial charge is 0.195 e. The van der Waals surface area contributed by atoms with Crippen LogP contribution in [0.25, 0.3) is 0 Å². The van der Waals surface area contributed by atoms with Gasteiger partial charge in [0.25, 0.3) is 0 Å². The van der Waals surface area contributed by atoms with E-state index in [-0.39, 0.29) is 0 Å². The quantitative estimate of drug-likeness (QED) is 0.797. The van der Waals surface area contributed by atoms with Crippen LogP contribution in [0.2, 0.25) is 10.0 Å². The Morgan fingerprint density at radius 1 is 1.40 bits per heavy atom. The molecule has 1 aliphatic rings. The molecule has 0 aliphatic carbocycles. The summed E-state index contributed by atoms with van der Waals surface area (Å²) in [5.74, 6) is 0.391. The van der Waals surface area contributed by atoms with Crippen LogP contribution in [0.4, 0.5) is 5.69 Å². The van der Waals surface area contributed by atoms with Gasteiger partial charge < -0.3 is 10.2 Å². The number of benzene rings is 1. The van der Waals surface area contributed by atoms with E-state index in [1.807, 2.05) is 17.9 Å². The molecule has 1 aromatic carbocycles. The second kappa shape index (κ2) is 3.91. The first-order chi connectivity index (χ1) is 7.09. The molecular weight excluding hydrogens is 233 g/mol. The molecule has 0 spiro atoms. The molecule has 0 bridgehead atoms. The van der Waals surface area contributed by atoms with Crippen molar-refractivity contribution >= 4 is 34.8 Å². The molecule has 80 valence electrons. The van der Waals surface area contributed by atoms with Gasteiger partial charge in [0.05, 0.1) is 10.7 Å². The Bertz CT molecular complexity index is 394. The summed E-state index contributed by atoms with van der Waals surface area (Å²) >= 11 is 12.0. The third kappa shape index (κ3) is 1.90. The van der Waals surface area contributed by atoms with E-state index in [9.17, 15) is 0 Å². The van der Waals surface area contributed by atoms with Crippen molar-refractivity contribution in [2.75, 3.05) is 18.0 Å². The predicted octanol–water partition coefficient (Wildman–Crippen LogP) is 2.65. The van der Waals surface area contributed by atoms with Gasteiger partial charge in [-0.15, -0.1) is 0 Å². The monoisotopic (exact) mass is 243 g/mol. The van der Waals surface area contributed by atoms with Crippen LogP contribution >= 0.6 is 23.2 Å². The lowest BCUT2D eigenvalue weighted by atomic mass is 10.2. The number of anilines is 1. The number of hydrogen-bond donors (Lipinski definition) is 2. The van der Waals surface area contributed by atoms with E-state index in [1.165, 1.54) is 0 Å². The SMILES string of the molecule is Cc1cc(Cl)cc(Cl)c1N1CCNC1=N. The molecule has 2 rings (SSSR count). The van der Waals surface area contributed by atoms with Crippen LogP contribution < -0.4 is 10.2 Å². The van der Waals surface area contributed by atoms with Crippen molar-refractivity contribution in [3.8, 4) is 0 Å². The highest BCUT2D eigenvalue weighted by Gasteiger charge is 2.22. The lowest BCUT2D eigenvalue weighted by molar-refractivity contribution is 0.971. The first kappa shape index (κ1) is 10.6. The van der Waals surface area contributed by atoms with Crippen LogP contribution in [-0.4, -0.2) is 19.0 Å². The second-order valence-corrected chi connectivity index (χ2v) is 4.32. The number of nitrogens with zero attached hydrogens (tertiary/aromatic N) is 1. The highest BCUT2D eigenvalue weighted by molar-refractivity contribution is 6.37. The molecule has 1 aromatic rings. The molecule has 0 aromatic heterocycles. The van der Waals surface area contributed by atoms with E-state index in [0.717, 1.165) is 24.3 Å². The molecule has 1 aliphatic heterocycles. The van der Waals surface area contributed by atoms with Gasteiger partial charge in [0, 0.05) is 18.1 Å². The molecule has 5 heteroatoms. The zero-order valence-electron chi connectivity index (χ0n) is 8.27. The number of nitrogens with one attached hydrogen (secondary N) is 2. The summed E-state index contributed by atoms with van der Waals surface area (Å²) in [6.45, 7) is 3.48. The fraction of sp³-hybridized carbons (Fsp3) is 0.300. The minimum Gasteiger partial charge on any atom is -0.354 e. The maximum Gasteiger partial charge on any atom is 0.195 e. The zero-order valence-corrected chi connectivity index (χ0v) is 9.78. The van der Waals surface area contributed by atoms with Gasteiger partial charge in [0.1, 0.15) is 0 Å². The van der Waals surface area contributed by atoms with E-state index in [1.54, 1.807) is 6.07 Å². The van der Waals surface area contributed by atoms with E-state index >= 15 is 0 Å². The fourth-order valence-electron chi connectivity index (χ4n) is 1.75. The Labute approximate surface area is 98.5 Å². The summed E-state index contributed by atoms with van der Waals surface area (Å²) in [5.41, 5.74) is 1.86. The van der Waals surface area contributed by atoms with Crippen molar-refractivity contribution in [3.05, 3.63) is 27.7 Å². The van der Waals surface area contributed by atoms with Gasteiger partial charge in [-0.2, -0.15) is 0 Å². The molecule has 0 atom stereocenters. The second-order valence-electron chi connectivity index (χ2n) is 3.48. The Balaban J connectivity index is 2.47. The Morgan fingerprint density at radius 3 is 2.67 bits per heavy atom. The lowest BCUT2D eigenvalue weighted by Crippen LogP contribution is -2.29. The molecule has 0 saturated carbocycles. The molecule has 15 heavy (non-hydrogen) atoms. The van der Waals surface area contributed by atoms with Gasteiger partial charge in [-0.1, -0.05) is 23.2 Å². The van der Waals surface area contributed by atoms with Crippen molar-refractivity contribution in [2.24, 2.45) is 0 Å². The first-order valence-electron chi connectivity index (χ1n) is 4.65. The van der Waals surface area contributed by atoms with Gasteiger partial charge in [0.15, 0.2) is 5.96 Å². The molecular formula is C10H11Cl2N3. The number of hydrogen-bond acceptors (Lipinski definition) is 1. The van der Waals surface area contributed by atoms with E-state index in [2.05, 4.69) is 5.32 Å². The molecule has 1 heterocycles. The van der Waals surface area contributed by atoms with Gasteiger partial charge in [0.2, 0.25) is 0 Å². The number of rotatable bonds is 1. The van der Waals surface area contributed by atoms with Gasteiger partial charge in [-0.3, -0.25) is 5.41 Å². The summed E-state index contributed by atoms with van der Waals surface area (Å²) in [5, 5.41) is 11.9. The summed E-state index contributed by atoms with van der Waals surface area (Å²) < 4.78 is 0. The van der Waals surface area contributed by atoms with Crippen molar-refractivity contribution in [2.45, 2.75) is 6.92 Å². The first-order valence-corrected chi connectivity index (χ1v) is 5.41. The number of halogens is 2. The summed E-state index contributed by atoms with van der Waals surface area (Å²) in [6, 6.07) is 3.56. The highest BCUT2D eigenvalue weighted by atomic mass is 35.5. The number of aryl methyl sites for hydroxylation is 1. The normalized spacial score (nSPS) is 15.7. The molecule has 3 nitrogen and oxygen atoms in total. The minimum absolute atomic E-state index is 0.391. The maximum absolute atomic E-state index is 7.71. The van der Waals surface area contributed by atoms with Crippen LogP contribution in [-0.2, 0) is 0 Å². The predicted molar refractivity (Wildman–Crippen MR) is 64.3 cm³/mol. The topological polar surface area (TPSA) is 39.1 Å². The van der Waals surface area contributed by atoms with Crippen LogP contribution in [0.5, 0.6) is 0 Å². The highest BCUT2D eigenvalue weighted by Crippen LogP contribution is 2.33. The Hall–Kier alpha value is -0.930. The van der Waals surface area contributed by atoms with Crippen LogP contribution in [0.3, 0.4) is 0 Å². The van der Waals surface area contributed by atoms with Gasteiger partial charge in [-0.05, 0) is 24.6 Å². The zero-order chi connectivity index (χ0) is 11.0. The van der Waals surface area contributed by atoms with Crippen LogP contribution in [0.1, 0.15) is 5.56 Å². The molecule has 2 N–H and O–H groups in total.